The summed E-state index contributed by atoms with van der Waals surface area (Å²) in [5, 5.41) is 0. The number of carbonyl (C=O) groups excluding carboxylic acids is 1. The fourth-order valence-corrected chi connectivity index (χ4v) is 1.79. The molecule has 0 radical (unpaired) electrons. The van der Waals surface area contributed by atoms with Crippen LogP contribution in [0, 0.1) is 6.92 Å². The largest absolute Gasteiger partial charge is 0.497 e. The molecule has 0 amide bonds. The zero-order chi connectivity index (χ0) is 13.0. The maximum atomic E-state index is 12.1. The highest BCUT2D eigenvalue weighted by Crippen LogP contribution is 2.15. The van der Waals surface area contributed by atoms with E-state index in [1.807, 2.05) is 49.4 Å². The molecule has 2 heteroatoms. The van der Waals surface area contributed by atoms with E-state index < -0.39 is 0 Å². The summed E-state index contributed by atoms with van der Waals surface area (Å²) in [6, 6.07) is 15.3. The van der Waals surface area contributed by atoms with Gasteiger partial charge in [0.1, 0.15) is 5.75 Å². The number of hydrogen-bond acceptors (Lipinski definition) is 2. The number of methoxy groups -OCH3 is 1. The SMILES string of the molecule is COc1cccc(C(=O)Cc2ccc(C)cc2)c1. The first kappa shape index (κ1) is 12.4. The van der Waals surface area contributed by atoms with Crippen LogP contribution in [0.1, 0.15) is 21.5 Å². The molecular weight excluding hydrogens is 224 g/mol. The van der Waals surface area contributed by atoms with Crippen molar-refractivity contribution < 1.29 is 9.53 Å². The lowest BCUT2D eigenvalue weighted by molar-refractivity contribution is 0.0992. The summed E-state index contributed by atoms with van der Waals surface area (Å²) in [4.78, 5) is 12.1. The summed E-state index contributed by atoms with van der Waals surface area (Å²) in [5.41, 5.74) is 2.93. The molecule has 92 valence electrons. The monoisotopic (exact) mass is 240 g/mol. The number of aryl methyl sites for hydroxylation is 1. The molecule has 0 spiro atoms. The van der Waals surface area contributed by atoms with E-state index in [0.717, 1.165) is 5.56 Å². The van der Waals surface area contributed by atoms with Crippen molar-refractivity contribution in [1.29, 1.82) is 0 Å². The van der Waals surface area contributed by atoms with E-state index in [1.54, 1.807) is 13.2 Å². The molecule has 0 bridgehead atoms. The van der Waals surface area contributed by atoms with Crippen LogP contribution >= 0.6 is 0 Å². The van der Waals surface area contributed by atoms with Crippen molar-refractivity contribution in [3.05, 3.63) is 65.2 Å². The Balaban J connectivity index is 2.14. The van der Waals surface area contributed by atoms with Crippen molar-refractivity contribution in [1.82, 2.24) is 0 Å². The van der Waals surface area contributed by atoms with E-state index in [9.17, 15) is 4.79 Å². The van der Waals surface area contributed by atoms with Gasteiger partial charge in [0.05, 0.1) is 7.11 Å². The molecule has 18 heavy (non-hydrogen) atoms. The second-order valence-corrected chi connectivity index (χ2v) is 4.32. The minimum Gasteiger partial charge on any atom is -0.497 e. The summed E-state index contributed by atoms with van der Waals surface area (Å²) in [5.74, 6) is 0.822. The summed E-state index contributed by atoms with van der Waals surface area (Å²) in [6.45, 7) is 2.04. The first-order valence-corrected chi connectivity index (χ1v) is 5.92. The molecule has 0 saturated heterocycles. The average Bonchev–Trinajstić information content (AvgIpc) is 2.41. The van der Waals surface area contributed by atoms with Crippen LogP contribution in [0.5, 0.6) is 5.75 Å². The maximum Gasteiger partial charge on any atom is 0.167 e. The van der Waals surface area contributed by atoms with Crippen LogP contribution in [0.2, 0.25) is 0 Å². The number of rotatable bonds is 4. The highest BCUT2D eigenvalue weighted by Gasteiger charge is 2.07. The molecule has 0 aliphatic carbocycles. The van der Waals surface area contributed by atoms with Crippen LogP contribution in [0.4, 0.5) is 0 Å². The third kappa shape index (κ3) is 2.98. The van der Waals surface area contributed by atoms with Crippen LogP contribution < -0.4 is 4.74 Å². The Labute approximate surface area is 107 Å². The van der Waals surface area contributed by atoms with Crippen molar-refractivity contribution >= 4 is 5.78 Å². The molecule has 0 fully saturated rings. The molecule has 0 aliphatic heterocycles. The van der Waals surface area contributed by atoms with Crippen molar-refractivity contribution in [3.8, 4) is 5.75 Å². The Bertz CT molecular complexity index is 541. The van der Waals surface area contributed by atoms with Gasteiger partial charge in [0.15, 0.2) is 5.78 Å². The highest BCUT2D eigenvalue weighted by atomic mass is 16.5. The van der Waals surface area contributed by atoms with Gasteiger partial charge < -0.3 is 4.74 Å². The van der Waals surface area contributed by atoms with Gasteiger partial charge in [-0.1, -0.05) is 42.0 Å². The summed E-state index contributed by atoms with van der Waals surface area (Å²) in [6.07, 6.45) is 0.424. The third-order valence-electron chi connectivity index (χ3n) is 2.88. The Morgan fingerprint density at radius 2 is 1.83 bits per heavy atom. The number of hydrogen-bond donors (Lipinski definition) is 0. The molecule has 0 atom stereocenters. The molecular formula is C16H16O2. The topological polar surface area (TPSA) is 26.3 Å². The number of Topliss-reactive ketones (excluding diaryl/α,β-unsaturated/α-hetero) is 1. The van der Waals surface area contributed by atoms with Crippen LogP contribution in [0.25, 0.3) is 0 Å². The van der Waals surface area contributed by atoms with Crippen LogP contribution in [0.15, 0.2) is 48.5 Å². The fraction of sp³-hybridized carbons (Fsp3) is 0.188. The summed E-state index contributed by atoms with van der Waals surface area (Å²) >= 11 is 0. The van der Waals surface area contributed by atoms with Crippen molar-refractivity contribution in [2.75, 3.05) is 7.11 Å². The normalized spacial score (nSPS) is 10.1. The van der Waals surface area contributed by atoms with Crippen LogP contribution in [-0.4, -0.2) is 12.9 Å². The smallest absolute Gasteiger partial charge is 0.167 e. The number of benzene rings is 2. The molecule has 0 aliphatic rings. The highest BCUT2D eigenvalue weighted by molar-refractivity contribution is 5.97. The van der Waals surface area contributed by atoms with Gasteiger partial charge in [0.25, 0.3) is 0 Å². The Kier molecular flexibility index (Phi) is 3.78. The van der Waals surface area contributed by atoms with Crippen molar-refractivity contribution in [3.63, 3.8) is 0 Å². The van der Waals surface area contributed by atoms with Gasteiger partial charge in [-0.05, 0) is 24.6 Å². The standard InChI is InChI=1S/C16H16O2/c1-12-6-8-13(9-7-12)10-16(17)14-4-3-5-15(11-14)18-2/h3-9,11H,10H2,1-2H3. The second kappa shape index (κ2) is 5.50. The summed E-state index contributed by atoms with van der Waals surface area (Å²) in [7, 11) is 1.60. The molecule has 2 nitrogen and oxygen atoms in total. The number of ketones is 1. The van der Waals surface area contributed by atoms with Gasteiger partial charge in [-0.3, -0.25) is 4.79 Å². The zero-order valence-electron chi connectivity index (χ0n) is 10.6. The molecule has 0 unspecified atom stereocenters. The molecule has 2 aromatic carbocycles. The minimum absolute atomic E-state index is 0.109. The van der Waals surface area contributed by atoms with E-state index in [2.05, 4.69) is 0 Å². The first-order chi connectivity index (χ1) is 8.69. The van der Waals surface area contributed by atoms with E-state index in [-0.39, 0.29) is 5.78 Å². The number of ether oxygens (including phenoxy) is 1. The average molecular weight is 240 g/mol. The summed E-state index contributed by atoms with van der Waals surface area (Å²) < 4.78 is 5.12. The lowest BCUT2D eigenvalue weighted by Crippen LogP contribution is -2.03. The molecule has 0 heterocycles. The van der Waals surface area contributed by atoms with E-state index >= 15 is 0 Å². The van der Waals surface area contributed by atoms with Crippen LogP contribution in [-0.2, 0) is 6.42 Å². The Morgan fingerprint density at radius 1 is 1.11 bits per heavy atom. The predicted octanol–water partition coefficient (Wildman–Crippen LogP) is 3.43. The second-order valence-electron chi connectivity index (χ2n) is 4.32. The molecule has 2 aromatic rings. The van der Waals surface area contributed by atoms with Crippen LogP contribution in [0.3, 0.4) is 0 Å². The quantitative estimate of drug-likeness (QED) is 0.765. The fourth-order valence-electron chi connectivity index (χ4n) is 1.79. The van der Waals surface area contributed by atoms with Crippen molar-refractivity contribution in [2.45, 2.75) is 13.3 Å². The molecule has 0 saturated carbocycles. The number of carbonyl (C=O) groups is 1. The van der Waals surface area contributed by atoms with Crippen molar-refractivity contribution in [2.24, 2.45) is 0 Å². The first-order valence-electron chi connectivity index (χ1n) is 5.92. The van der Waals surface area contributed by atoms with Gasteiger partial charge in [0, 0.05) is 12.0 Å². The van der Waals surface area contributed by atoms with Gasteiger partial charge in [-0.25, -0.2) is 0 Å². The lowest BCUT2D eigenvalue weighted by Gasteiger charge is -2.04. The van der Waals surface area contributed by atoms with Gasteiger partial charge in [-0.2, -0.15) is 0 Å². The van der Waals surface area contributed by atoms with Gasteiger partial charge in [0.2, 0.25) is 0 Å². The lowest BCUT2D eigenvalue weighted by atomic mass is 10.0. The van der Waals surface area contributed by atoms with Gasteiger partial charge in [-0.15, -0.1) is 0 Å². The van der Waals surface area contributed by atoms with E-state index in [0.29, 0.717) is 17.7 Å². The molecule has 0 aromatic heterocycles. The third-order valence-corrected chi connectivity index (χ3v) is 2.88. The Morgan fingerprint density at radius 3 is 2.50 bits per heavy atom. The van der Waals surface area contributed by atoms with E-state index in [4.69, 9.17) is 4.74 Å². The maximum absolute atomic E-state index is 12.1. The predicted molar refractivity (Wildman–Crippen MR) is 72.2 cm³/mol. The molecule has 0 N–H and O–H groups in total. The van der Waals surface area contributed by atoms with E-state index in [1.165, 1.54) is 5.56 Å². The zero-order valence-corrected chi connectivity index (χ0v) is 10.6. The molecule has 2 rings (SSSR count). The minimum atomic E-state index is 0.109. The Hall–Kier alpha value is -2.09. The van der Waals surface area contributed by atoms with Gasteiger partial charge >= 0.3 is 0 Å².